The maximum atomic E-state index is 5.07. The topological polar surface area (TPSA) is 56.3 Å². The van der Waals surface area contributed by atoms with Crippen molar-refractivity contribution >= 4 is 0 Å². The van der Waals surface area contributed by atoms with Crippen LogP contribution in [0.2, 0.25) is 0 Å². The van der Waals surface area contributed by atoms with Gasteiger partial charge < -0.3 is 14.8 Å². The lowest BCUT2D eigenvalue weighted by Gasteiger charge is -2.09. The van der Waals surface area contributed by atoms with Gasteiger partial charge in [0.05, 0.1) is 19.8 Å². The molecule has 1 aromatic heterocycles. The van der Waals surface area contributed by atoms with E-state index in [1.807, 2.05) is 7.05 Å². The van der Waals surface area contributed by atoms with Crippen LogP contribution < -0.4 is 14.8 Å². The Kier molecular flexibility index (Phi) is 3.45. The number of methoxy groups -OCH3 is 2. The van der Waals surface area contributed by atoms with Crippen molar-refractivity contribution in [2.24, 2.45) is 0 Å². The van der Waals surface area contributed by atoms with Gasteiger partial charge in [0.25, 0.3) is 0 Å². The second-order valence-corrected chi connectivity index (χ2v) is 2.40. The van der Waals surface area contributed by atoms with Gasteiger partial charge in [0.15, 0.2) is 0 Å². The van der Waals surface area contributed by atoms with E-state index >= 15 is 0 Å². The van der Waals surface area contributed by atoms with E-state index in [0.717, 1.165) is 5.56 Å². The molecular weight excluding hydrogens is 170 g/mol. The average molecular weight is 183 g/mol. The monoisotopic (exact) mass is 183 g/mol. The minimum absolute atomic E-state index is 0.543. The molecule has 0 aromatic carbocycles. The third-order valence-corrected chi connectivity index (χ3v) is 1.61. The van der Waals surface area contributed by atoms with Crippen LogP contribution in [0.25, 0.3) is 0 Å². The third-order valence-electron chi connectivity index (χ3n) is 1.61. The summed E-state index contributed by atoms with van der Waals surface area (Å²) in [4.78, 5) is 7.94. The fourth-order valence-electron chi connectivity index (χ4n) is 1.06. The lowest BCUT2D eigenvalue weighted by molar-refractivity contribution is 0.360. The van der Waals surface area contributed by atoms with Crippen LogP contribution in [0.15, 0.2) is 6.33 Å². The van der Waals surface area contributed by atoms with Crippen LogP contribution in [-0.2, 0) is 6.54 Å². The number of nitrogens with one attached hydrogen (secondary N) is 1. The Bertz CT molecular complexity index is 256. The van der Waals surface area contributed by atoms with Gasteiger partial charge >= 0.3 is 0 Å². The summed E-state index contributed by atoms with van der Waals surface area (Å²) < 4.78 is 10.1. The van der Waals surface area contributed by atoms with Crippen molar-refractivity contribution in [3.05, 3.63) is 11.9 Å². The van der Waals surface area contributed by atoms with Gasteiger partial charge in [0, 0.05) is 6.54 Å². The van der Waals surface area contributed by atoms with E-state index in [2.05, 4.69) is 15.3 Å². The smallest absolute Gasteiger partial charge is 0.224 e. The summed E-state index contributed by atoms with van der Waals surface area (Å²) in [5, 5.41) is 2.99. The molecule has 0 aliphatic carbocycles. The fourth-order valence-corrected chi connectivity index (χ4v) is 1.06. The molecule has 0 amide bonds. The SMILES string of the molecule is CNCc1c(OC)ncnc1OC. The Morgan fingerprint density at radius 3 is 2.15 bits per heavy atom. The molecule has 0 fully saturated rings. The van der Waals surface area contributed by atoms with Gasteiger partial charge in [-0.25, -0.2) is 9.97 Å². The van der Waals surface area contributed by atoms with E-state index in [1.165, 1.54) is 6.33 Å². The van der Waals surface area contributed by atoms with Crippen molar-refractivity contribution in [2.75, 3.05) is 21.3 Å². The molecule has 72 valence electrons. The molecule has 0 unspecified atom stereocenters. The molecule has 5 heteroatoms. The van der Waals surface area contributed by atoms with E-state index in [0.29, 0.717) is 18.3 Å². The van der Waals surface area contributed by atoms with Gasteiger partial charge in [-0.2, -0.15) is 0 Å². The van der Waals surface area contributed by atoms with Crippen molar-refractivity contribution < 1.29 is 9.47 Å². The molecule has 1 heterocycles. The van der Waals surface area contributed by atoms with E-state index in [4.69, 9.17) is 9.47 Å². The Morgan fingerprint density at radius 1 is 1.23 bits per heavy atom. The minimum atomic E-state index is 0.543. The van der Waals surface area contributed by atoms with Gasteiger partial charge in [-0.3, -0.25) is 0 Å². The molecule has 1 aromatic rings. The summed E-state index contributed by atoms with van der Waals surface area (Å²) in [7, 11) is 4.98. The third kappa shape index (κ3) is 2.06. The van der Waals surface area contributed by atoms with E-state index in [9.17, 15) is 0 Å². The standard InChI is InChI=1S/C8H13N3O2/c1-9-4-6-7(12-2)10-5-11-8(6)13-3/h5,9H,4H2,1-3H3. The normalized spacial score (nSPS) is 9.77. The molecule has 1 N–H and O–H groups in total. The molecule has 0 saturated heterocycles. The molecule has 0 aliphatic heterocycles. The first-order valence-corrected chi connectivity index (χ1v) is 3.90. The molecule has 0 aliphatic rings. The summed E-state index contributed by atoms with van der Waals surface area (Å²) >= 11 is 0. The highest BCUT2D eigenvalue weighted by Crippen LogP contribution is 2.22. The Balaban J connectivity index is 3.05. The first-order valence-electron chi connectivity index (χ1n) is 3.90. The van der Waals surface area contributed by atoms with Crippen LogP contribution in [0.5, 0.6) is 11.8 Å². The number of rotatable bonds is 4. The molecule has 0 saturated carbocycles. The quantitative estimate of drug-likeness (QED) is 0.723. The number of ether oxygens (including phenoxy) is 2. The Labute approximate surface area is 77.1 Å². The summed E-state index contributed by atoms with van der Waals surface area (Å²) in [5.74, 6) is 1.09. The van der Waals surface area contributed by atoms with Crippen molar-refractivity contribution in [3.8, 4) is 11.8 Å². The number of nitrogens with zero attached hydrogens (tertiary/aromatic N) is 2. The predicted octanol–water partition coefficient (Wildman–Crippen LogP) is 0.213. The van der Waals surface area contributed by atoms with Crippen molar-refractivity contribution in [1.82, 2.24) is 15.3 Å². The van der Waals surface area contributed by atoms with E-state index < -0.39 is 0 Å². The molecule has 13 heavy (non-hydrogen) atoms. The van der Waals surface area contributed by atoms with Crippen molar-refractivity contribution in [1.29, 1.82) is 0 Å². The molecule has 0 spiro atoms. The maximum absolute atomic E-state index is 5.07. The van der Waals surface area contributed by atoms with Crippen LogP contribution in [-0.4, -0.2) is 31.2 Å². The van der Waals surface area contributed by atoms with Gasteiger partial charge in [-0.1, -0.05) is 0 Å². The highest BCUT2D eigenvalue weighted by Gasteiger charge is 2.10. The molecule has 0 bridgehead atoms. The van der Waals surface area contributed by atoms with Gasteiger partial charge in [0.2, 0.25) is 11.8 Å². The zero-order valence-corrected chi connectivity index (χ0v) is 8.00. The molecule has 5 nitrogen and oxygen atoms in total. The highest BCUT2D eigenvalue weighted by molar-refractivity contribution is 5.33. The minimum Gasteiger partial charge on any atom is -0.481 e. The Hall–Kier alpha value is -1.36. The van der Waals surface area contributed by atoms with Gasteiger partial charge in [-0.05, 0) is 7.05 Å². The number of hydrogen-bond acceptors (Lipinski definition) is 5. The van der Waals surface area contributed by atoms with Crippen molar-refractivity contribution in [3.63, 3.8) is 0 Å². The molecule has 0 radical (unpaired) electrons. The zero-order chi connectivity index (χ0) is 9.68. The van der Waals surface area contributed by atoms with Crippen LogP contribution in [0.4, 0.5) is 0 Å². The largest absolute Gasteiger partial charge is 0.481 e. The predicted molar refractivity (Wildman–Crippen MR) is 47.9 cm³/mol. The summed E-state index contributed by atoms with van der Waals surface area (Å²) in [5.41, 5.74) is 0.829. The lowest BCUT2D eigenvalue weighted by atomic mass is 10.3. The van der Waals surface area contributed by atoms with Crippen LogP contribution in [0.3, 0.4) is 0 Å². The highest BCUT2D eigenvalue weighted by atomic mass is 16.5. The second-order valence-electron chi connectivity index (χ2n) is 2.40. The van der Waals surface area contributed by atoms with E-state index in [1.54, 1.807) is 14.2 Å². The number of hydrogen-bond donors (Lipinski definition) is 1. The lowest BCUT2D eigenvalue weighted by Crippen LogP contribution is -2.10. The van der Waals surface area contributed by atoms with Crippen molar-refractivity contribution in [2.45, 2.75) is 6.54 Å². The average Bonchev–Trinajstić information content (AvgIpc) is 2.18. The summed E-state index contributed by atoms with van der Waals surface area (Å²) in [6.07, 6.45) is 1.41. The van der Waals surface area contributed by atoms with Gasteiger partial charge in [0.1, 0.15) is 6.33 Å². The molecule has 1 rings (SSSR count). The maximum Gasteiger partial charge on any atom is 0.224 e. The summed E-state index contributed by atoms with van der Waals surface area (Å²) in [6, 6.07) is 0. The fraction of sp³-hybridized carbons (Fsp3) is 0.500. The number of aromatic nitrogens is 2. The molecule has 0 atom stereocenters. The van der Waals surface area contributed by atoms with Gasteiger partial charge in [-0.15, -0.1) is 0 Å². The first-order chi connectivity index (χ1) is 6.33. The Morgan fingerprint density at radius 2 is 1.77 bits per heavy atom. The van der Waals surface area contributed by atoms with Crippen LogP contribution in [0, 0.1) is 0 Å². The second kappa shape index (κ2) is 4.61. The first kappa shape index (κ1) is 9.73. The van der Waals surface area contributed by atoms with Crippen LogP contribution >= 0.6 is 0 Å². The van der Waals surface area contributed by atoms with Crippen LogP contribution in [0.1, 0.15) is 5.56 Å². The molecular formula is C8H13N3O2. The zero-order valence-electron chi connectivity index (χ0n) is 8.00. The summed E-state index contributed by atoms with van der Waals surface area (Å²) in [6.45, 7) is 0.618. The van der Waals surface area contributed by atoms with E-state index in [-0.39, 0.29) is 0 Å².